The molecule has 0 bridgehead atoms. The number of hydrogen-bond acceptors (Lipinski definition) is 5. The zero-order valence-corrected chi connectivity index (χ0v) is 19.9. The van der Waals surface area contributed by atoms with E-state index in [9.17, 15) is 9.18 Å². The van der Waals surface area contributed by atoms with Gasteiger partial charge in [0.05, 0.1) is 10.2 Å². The minimum absolute atomic E-state index is 0. The Morgan fingerprint density at radius 3 is 2.53 bits per heavy atom. The maximum Gasteiger partial charge on any atom is 0.229 e. The van der Waals surface area contributed by atoms with Crippen molar-refractivity contribution in [3.63, 3.8) is 0 Å². The van der Waals surface area contributed by atoms with Gasteiger partial charge < -0.3 is 4.90 Å². The molecule has 2 aromatic carbocycles. The van der Waals surface area contributed by atoms with Crippen LogP contribution in [0.25, 0.3) is 10.2 Å². The highest BCUT2D eigenvalue weighted by Crippen LogP contribution is 2.30. The Balaban J connectivity index is 0.00000320. The highest BCUT2D eigenvalue weighted by Gasteiger charge is 2.20. The van der Waals surface area contributed by atoms with E-state index in [1.54, 1.807) is 35.2 Å². The number of carbonyl (C=O) groups is 1. The second-order valence-corrected chi connectivity index (χ2v) is 9.23. The van der Waals surface area contributed by atoms with Gasteiger partial charge >= 0.3 is 0 Å². The first kappa shape index (κ1) is 24.6. The first-order chi connectivity index (χ1) is 14.0. The molecular weight excluding hydrogens is 441 g/mol. The summed E-state index contributed by atoms with van der Waals surface area (Å²) in [5.41, 5.74) is 2.21. The highest BCUT2D eigenvalue weighted by atomic mass is 35.5. The summed E-state index contributed by atoms with van der Waals surface area (Å²) in [4.78, 5) is 22.6. The second-order valence-electron chi connectivity index (χ2n) is 7.05. The standard InChI is InChI=1S/C22H26FN3OS2.ClH/c1-4-16-5-10-19-20(15-16)29-22(24-19)26(13-12-25(2)3)21(27)11-14-28-18-8-6-17(23)7-9-18;/h5-10,15H,4,11-14H2,1-3H3;1H. The van der Waals surface area contributed by atoms with E-state index >= 15 is 0 Å². The number of aryl methyl sites for hydroxylation is 1. The van der Waals surface area contributed by atoms with Crippen LogP contribution in [0.5, 0.6) is 0 Å². The Bertz CT molecular complexity index is 963. The number of thioether (sulfide) groups is 1. The lowest BCUT2D eigenvalue weighted by Crippen LogP contribution is -2.36. The van der Waals surface area contributed by atoms with E-state index in [-0.39, 0.29) is 24.1 Å². The van der Waals surface area contributed by atoms with Crippen molar-refractivity contribution in [3.05, 3.63) is 53.8 Å². The van der Waals surface area contributed by atoms with E-state index in [2.05, 4.69) is 24.0 Å². The third kappa shape index (κ3) is 6.67. The average Bonchev–Trinajstić information content (AvgIpc) is 3.12. The van der Waals surface area contributed by atoms with E-state index in [0.29, 0.717) is 18.7 Å². The molecular formula is C22H27ClFN3OS2. The van der Waals surface area contributed by atoms with Crippen LogP contribution in [0.15, 0.2) is 47.4 Å². The number of nitrogens with zero attached hydrogens (tertiary/aromatic N) is 3. The van der Waals surface area contributed by atoms with Gasteiger partial charge in [0.1, 0.15) is 5.82 Å². The number of aromatic nitrogens is 1. The topological polar surface area (TPSA) is 36.4 Å². The monoisotopic (exact) mass is 467 g/mol. The van der Waals surface area contributed by atoms with Crippen molar-refractivity contribution >= 4 is 56.8 Å². The molecule has 8 heteroatoms. The van der Waals surface area contributed by atoms with Gasteiger partial charge in [0.15, 0.2) is 5.13 Å². The van der Waals surface area contributed by atoms with Crippen molar-refractivity contribution in [1.82, 2.24) is 9.88 Å². The minimum Gasteiger partial charge on any atom is -0.308 e. The molecule has 0 fully saturated rings. The van der Waals surface area contributed by atoms with E-state index in [1.807, 2.05) is 25.1 Å². The molecule has 162 valence electrons. The highest BCUT2D eigenvalue weighted by molar-refractivity contribution is 7.99. The fraction of sp³-hybridized carbons (Fsp3) is 0.364. The number of benzene rings is 2. The summed E-state index contributed by atoms with van der Waals surface area (Å²) in [6, 6.07) is 12.7. The van der Waals surface area contributed by atoms with Crippen LogP contribution in [-0.2, 0) is 11.2 Å². The lowest BCUT2D eigenvalue weighted by Gasteiger charge is -2.22. The maximum absolute atomic E-state index is 13.0. The fourth-order valence-electron chi connectivity index (χ4n) is 2.84. The van der Waals surface area contributed by atoms with Gasteiger partial charge in [-0.15, -0.1) is 24.2 Å². The molecule has 0 aliphatic rings. The van der Waals surface area contributed by atoms with Crippen LogP contribution >= 0.6 is 35.5 Å². The molecule has 1 aromatic heterocycles. The lowest BCUT2D eigenvalue weighted by molar-refractivity contribution is -0.118. The Hall–Kier alpha value is -1.67. The van der Waals surface area contributed by atoms with Crippen molar-refractivity contribution in [2.75, 3.05) is 37.8 Å². The summed E-state index contributed by atoms with van der Waals surface area (Å²) in [5, 5.41) is 0.756. The predicted octanol–water partition coefficient (Wildman–Crippen LogP) is 5.50. The minimum atomic E-state index is -0.248. The first-order valence-corrected chi connectivity index (χ1v) is 11.5. The molecule has 0 N–H and O–H groups in total. The third-order valence-electron chi connectivity index (χ3n) is 4.55. The van der Waals surface area contributed by atoms with Crippen molar-refractivity contribution in [1.29, 1.82) is 0 Å². The molecule has 30 heavy (non-hydrogen) atoms. The molecule has 0 saturated heterocycles. The summed E-state index contributed by atoms with van der Waals surface area (Å²) in [7, 11) is 4.00. The molecule has 0 atom stereocenters. The molecule has 0 aliphatic heterocycles. The Kier molecular flexibility index (Phi) is 9.55. The molecule has 0 radical (unpaired) electrons. The van der Waals surface area contributed by atoms with Gasteiger partial charge in [0.2, 0.25) is 5.91 Å². The maximum atomic E-state index is 13.0. The molecule has 0 spiro atoms. The van der Waals surface area contributed by atoms with Gasteiger partial charge in [-0.25, -0.2) is 9.37 Å². The van der Waals surface area contributed by atoms with Gasteiger partial charge in [-0.05, 0) is 62.5 Å². The van der Waals surface area contributed by atoms with Crippen LogP contribution in [0.3, 0.4) is 0 Å². The van der Waals surface area contributed by atoms with Crippen LogP contribution < -0.4 is 4.90 Å². The van der Waals surface area contributed by atoms with Crippen LogP contribution in [0.4, 0.5) is 9.52 Å². The number of amides is 1. The molecule has 0 aliphatic carbocycles. The smallest absolute Gasteiger partial charge is 0.229 e. The Morgan fingerprint density at radius 1 is 1.13 bits per heavy atom. The van der Waals surface area contributed by atoms with Crippen molar-refractivity contribution < 1.29 is 9.18 Å². The second kappa shape index (κ2) is 11.6. The van der Waals surface area contributed by atoms with Crippen molar-refractivity contribution in [2.45, 2.75) is 24.7 Å². The Labute approximate surface area is 191 Å². The third-order valence-corrected chi connectivity index (χ3v) is 6.61. The number of halogens is 2. The van der Waals surface area contributed by atoms with Gasteiger partial charge in [-0.1, -0.05) is 24.3 Å². The lowest BCUT2D eigenvalue weighted by atomic mass is 10.2. The number of anilines is 1. The van der Waals surface area contributed by atoms with Crippen molar-refractivity contribution in [2.24, 2.45) is 0 Å². The molecule has 0 unspecified atom stereocenters. The summed E-state index contributed by atoms with van der Waals surface area (Å²) in [5.74, 6) is 0.465. The fourth-order valence-corrected chi connectivity index (χ4v) is 4.75. The molecule has 3 rings (SSSR count). The molecule has 3 aromatic rings. The van der Waals surface area contributed by atoms with Crippen LogP contribution in [0, 0.1) is 5.82 Å². The van der Waals surface area contributed by atoms with Crippen LogP contribution in [-0.4, -0.2) is 48.7 Å². The van der Waals surface area contributed by atoms with Gasteiger partial charge in [0.25, 0.3) is 0 Å². The number of thiazole rings is 1. The first-order valence-electron chi connectivity index (χ1n) is 9.69. The predicted molar refractivity (Wildman–Crippen MR) is 129 cm³/mol. The van der Waals surface area contributed by atoms with Gasteiger partial charge in [-0.2, -0.15) is 0 Å². The summed E-state index contributed by atoms with van der Waals surface area (Å²) in [6.45, 7) is 3.51. The van der Waals surface area contributed by atoms with E-state index in [4.69, 9.17) is 4.98 Å². The van der Waals surface area contributed by atoms with Crippen LogP contribution in [0.2, 0.25) is 0 Å². The number of likely N-dealkylation sites (N-methyl/N-ethyl adjacent to an activating group) is 1. The molecule has 1 heterocycles. The zero-order chi connectivity index (χ0) is 20.8. The largest absolute Gasteiger partial charge is 0.308 e. The average molecular weight is 468 g/mol. The summed E-state index contributed by atoms with van der Waals surface area (Å²) < 4.78 is 14.1. The van der Waals surface area contributed by atoms with Crippen molar-refractivity contribution in [3.8, 4) is 0 Å². The molecule has 1 amide bonds. The SMILES string of the molecule is CCc1ccc2nc(N(CCN(C)C)C(=O)CCSc3ccc(F)cc3)sc2c1.Cl. The van der Waals surface area contributed by atoms with E-state index in [1.165, 1.54) is 17.7 Å². The van der Waals surface area contributed by atoms with Crippen LogP contribution in [0.1, 0.15) is 18.9 Å². The molecule has 4 nitrogen and oxygen atoms in total. The summed E-state index contributed by atoms with van der Waals surface area (Å²) in [6.07, 6.45) is 1.39. The number of carbonyl (C=O) groups excluding carboxylic acids is 1. The van der Waals surface area contributed by atoms with E-state index < -0.39 is 0 Å². The summed E-state index contributed by atoms with van der Waals surface area (Å²) >= 11 is 3.14. The number of fused-ring (bicyclic) bond motifs is 1. The number of hydrogen-bond donors (Lipinski definition) is 0. The normalized spacial score (nSPS) is 11.0. The zero-order valence-electron chi connectivity index (χ0n) is 17.4. The molecule has 0 saturated carbocycles. The number of rotatable bonds is 9. The van der Waals surface area contributed by atoms with E-state index in [0.717, 1.165) is 33.2 Å². The van der Waals surface area contributed by atoms with Gasteiger partial charge in [0, 0.05) is 30.2 Å². The quantitative estimate of drug-likeness (QED) is 0.389. The Morgan fingerprint density at radius 2 is 1.87 bits per heavy atom. The van der Waals surface area contributed by atoms with Gasteiger partial charge in [-0.3, -0.25) is 9.69 Å².